The van der Waals surface area contributed by atoms with Crippen LogP contribution in [0.5, 0.6) is 0 Å². The highest BCUT2D eigenvalue weighted by Gasteiger charge is 2.44. The molecule has 0 spiro atoms. The van der Waals surface area contributed by atoms with Crippen LogP contribution >= 0.6 is 27.3 Å². The van der Waals surface area contributed by atoms with Gasteiger partial charge in [-0.1, -0.05) is 11.3 Å². The summed E-state index contributed by atoms with van der Waals surface area (Å²) in [6.45, 7) is 1.94. The van der Waals surface area contributed by atoms with Crippen LogP contribution in [0.2, 0.25) is 0 Å². The van der Waals surface area contributed by atoms with E-state index in [2.05, 4.69) is 52.9 Å². The van der Waals surface area contributed by atoms with Crippen molar-refractivity contribution in [2.24, 2.45) is 5.41 Å². The van der Waals surface area contributed by atoms with Gasteiger partial charge in [-0.3, -0.25) is 4.79 Å². The first kappa shape index (κ1) is 24.3. The minimum atomic E-state index is -0.537. The van der Waals surface area contributed by atoms with Gasteiger partial charge in [0, 0.05) is 31.3 Å². The fraction of sp³-hybridized carbons (Fsp3) is 0.375. The molecule has 1 saturated carbocycles. The number of aryl methyl sites for hydroxylation is 1. The molecule has 12 heteroatoms. The number of halogens is 1. The van der Waals surface area contributed by atoms with Crippen molar-refractivity contribution in [3.63, 3.8) is 0 Å². The average molecular weight is 566 g/mol. The molecular weight excluding hydrogens is 542 g/mol. The largest absolute Gasteiger partial charge is 0.359 e. The van der Waals surface area contributed by atoms with E-state index in [0.717, 1.165) is 39.5 Å². The van der Waals surface area contributed by atoms with Crippen molar-refractivity contribution in [2.45, 2.75) is 45.1 Å². The van der Waals surface area contributed by atoms with Crippen molar-refractivity contribution in [3.05, 3.63) is 40.1 Å². The van der Waals surface area contributed by atoms with E-state index in [1.54, 1.807) is 29.3 Å². The Hall–Kier alpha value is -3.43. The van der Waals surface area contributed by atoms with Crippen molar-refractivity contribution in [2.75, 3.05) is 12.4 Å². The number of benzene rings is 1. The van der Waals surface area contributed by atoms with Crippen LogP contribution in [-0.2, 0) is 4.79 Å². The SMILES string of the molecule is CNC(=O)C1(CCC#N)CC[C@@H](Nc2ncc3c(Br)nn(-c4ccc(-c5nnc(C)s5)cc4)c3n2)C1. The number of nitrogens with one attached hydrogen (secondary N) is 2. The minimum Gasteiger partial charge on any atom is -0.359 e. The van der Waals surface area contributed by atoms with E-state index in [1.807, 2.05) is 31.2 Å². The Bertz CT molecular complexity index is 1460. The molecule has 36 heavy (non-hydrogen) atoms. The fourth-order valence-corrected chi connectivity index (χ4v) is 5.95. The molecule has 0 bridgehead atoms. The van der Waals surface area contributed by atoms with Crippen LogP contribution in [-0.4, -0.2) is 48.9 Å². The first-order chi connectivity index (χ1) is 17.4. The Morgan fingerprint density at radius 1 is 1.33 bits per heavy atom. The standard InChI is InChI=1S/C24H24BrN9OS/c1-14-31-32-21(36-14)15-4-6-17(7-5-15)34-20-18(19(25)33-34)13-28-23(30-20)29-16-8-10-24(12-16,9-3-11-26)22(35)27-2/h4-7,13,16H,3,8-10,12H2,1-2H3,(H,27,35)(H,28,29,30)/t16-,24?/m1/s1. The molecule has 2 atom stereocenters. The molecule has 1 amide bonds. The van der Waals surface area contributed by atoms with Crippen LogP contribution in [0.3, 0.4) is 0 Å². The Labute approximate surface area is 220 Å². The van der Waals surface area contributed by atoms with Crippen LogP contribution in [0.25, 0.3) is 27.3 Å². The van der Waals surface area contributed by atoms with Gasteiger partial charge in [0.25, 0.3) is 0 Å². The summed E-state index contributed by atoms with van der Waals surface area (Å²) in [5, 5.41) is 30.8. The Morgan fingerprint density at radius 3 is 2.83 bits per heavy atom. The van der Waals surface area contributed by atoms with Crippen LogP contribution < -0.4 is 10.6 Å². The number of nitriles is 1. The van der Waals surface area contributed by atoms with Gasteiger partial charge in [0.15, 0.2) is 5.65 Å². The molecule has 184 valence electrons. The third kappa shape index (κ3) is 4.56. The predicted octanol–water partition coefficient (Wildman–Crippen LogP) is 4.41. The van der Waals surface area contributed by atoms with Crippen LogP contribution in [0.15, 0.2) is 35.1 Å². The van der Waals surface area contributed by atoms with E-state index in [-0.39, 0.29) is 11.9 Å². The molecule has 3 heterocycles. The van der Waals surface area contributed by atoms with Crippen molar-refractivity contribution >= 4 is 50.2 Å². The Balaban J connectivity index is 1.39. The van der Waals surface area contributed by atoms with Crippen LogP contribution in [0.1, 0.15) is 37.1 Å². The number of carbonyl (C=O) groups is 1. The number of fused-ring (bicyclic) bond motifs is 1. The number of carbonyl (C=O) groups excluding carboxylic acids is 1. The second kappa shape index (κ2) is 9.91. The molecule has 5 rings (SSSR count). The summed E-state index contributed by atoms with van der Waals surface area (Å²) in [6, 6.07) is 10.2. The quantitative estimate of drug-likeness (QED) is 0.336. The monoisotopic (exact) mass is 565 g/mol. The minimum absolute atomic E-state index is 0.00688. The Morgan fingerprint density at radius 2 is 2.14 bits per heavy atom. The maximum atomic E-state index is 12.6. The van der Waals surface area contributed by atoms with Gasteiger partial charge in [-0.2, -0.15) is 15.3 Å². The number of anilines is 1. The van der Waals surface area contributed by atoms with Gasteiger partial charge < -0.3 is 10.6 Å². The lowest BCUT2D eigenvalue weighted by molar-refractivity contribution is -0.130. The molecule has 0 aliphatic heterocycles. The number of nitrogens with zero attached hydrogens (tertiary/aromatic N) is 7. The molecule has 1 aromatic carbocycles. The molecule has 0 radical (unpaired) electrons. The molecule has 2 N–H and O–H groups in total. The van der Waals surface area contributed by atoms with Gasteiger partial charge in [-0.25, -0.2) is 9.67 Å². The highest BCUT2D eigenvalue weighted by Crippen LogP contribution is 2.43. The molecule has 10 nitrogen and oxygen atoms in total. The lowest BCUT2D eigenvalue weighted by Gasteiger charge is -2.26. The number of hydrogen-bond acceptors (Lipinski definition) is 9. The summed E-state index contributed by atoms with van der Waals surface area (Å²) in [4.78, 5) is 21.9. The summed E-state index contributed by atoms with van der Waals surface area (Å²) in [5.74, 6) is 0.475. The number of amides is 1. The topological polar surface area (TPSA) is 134 Å². The second-order valence-corrected chi connectivity index (χ2v) is 10.8. The second-order valence-electron chi connectivity index (χ2n) is 8.91. The van der Waals surface area contributed by atoms with Gasteiger partial charge in [0.1, 0.15) is 14.6 Å². The predicted molar refractivity (Wildman–Crippen MR) is 141 cm³/mol. The molecule has 4 aromatic rings. The van der Waals surface area contributed by atoms with Crippen molar-refractivity contribution < 1.29 is 4.79 Å². The van der Waals surface area contributed by atoms with Crippen molar-refractivity contribution in [3.8, 4) is 22.3 Å². The summed E-state index contributed by atoms with van der Waals surface area (Å²) >= 11 is 5.08. The highest BCUT2D eigenvalue weighted by atomic mass is 79.9. The fourth-order valence-electron chi connectivity index (χ4n) is 4.82. The van der Waals surface area contributed by atoms with E-state index >= 15 is 0 Å². The lowest BCUT2D eigenvalue weighted by atomic mass is 9.80. The van der Waals surface area contributed by atoms with Crippen molar-refractivity contribution in [1.82, 2.24) is 35.3 Å². The zero-order chi connectivity index (χ0) is 25.3. The van der Waals surface area contributed by atoms with E-state index in [0.29, 0.717) is 35.5 Å². The maximum Gasteiger partial charge on any atom is 0.226 e. The first-order valence-electron chi connectivity index (χ1n) is 11.6. The smallest absolute Gasteiger partial charge is 0.226 e. The van der Waals surface area contributed by atoms with Gasteiger partial charge in [-0.15, -0.1) is 10.2 Å². The molecule has 1 fully saturated rings. The molecular formula is C24H24BrN9OS. The highest BCUT2D eigenvalue weighted by molar-refractivity contribution is 9.10. The van der Waals surface area contributed by atoms with Gasteiger partial charge in [-0.05, 0) is 72.8 Å². The van der Waals surface area contributed by atoms with Crippen LogP contribution in [0, 0.1) is 23.7 Å². The molecule has 3 aromatic heterocycles. The van der Waals surface area contributed by atoms with Gasteiger partial charge >= 0.3 is 0 Å². The van der Waals surface area contributed by atoms with Crippen molar-refractivity contribution in [1.29, 1.82) is 5.26 Å². The zero-order valence-corrected chi connectivity index (χ0v) is 22.2. The normalized spacial score (nSPS) is 19.3. The Kier molecular flexibility index (Phi) is 6.68. The maximum absolute atomic E-state index is 12.6. The van der Waals surface area contributed by atoms with E-state index in [4.69, 9.17) is 10.2 Å². The third-order valence-electron chi connectivity index (χ3n) is 6.63. The van der Waals surface area contributed by atoms with E-state index in [9.17, 15) is 4.79 Å². The summed E-state index contributed by atoms with van der Waals surface area (Å²) in [7, 11) is 1.65. The summed E-state index contributed by atoms with van der Waals surface area (Å²) in [5.41, 5.74) is 1.98. The molecule has 1 aliphatic rings. The molecule has 1 unspecified atom stereocenters. The third-order valence-corrected chi connectivity index (χ3v) is 8.10. The lowest BCUT2D eigenvalue weighted by Crippen LogP contribution is -2.38. The first-order valence-corrected chi connectivity index (χ1v) is 13.2. The number of aromatic nitrogens is 6. The molecule has 0 saturated heterocycles. The van der Waals surface area contributed by atoms with E-state index < -0.39 is 5.41 Å². The average Bonchev–Trinajstić information content (AvgIpc) is 3.60. The van der Waals surface area contributed by atoms with Gasteiger partial charge in [0.2, 0.25) is 11.9 Å². The zero-order valence-electron chi connectivity index (χ0n) is 19.8. The van der Waals surface area contributed by atoms with E-state index in [1.165, 1.54) is 0 Å². The molecule has 1 aliphatic carbocycles. The van der Waals surface area contributed by atoms with Crippen LogP contribution in [0.4, 0.5) is 5.95 Å². The summed E-state index contributed by atoms with van der Waals surface area (Å²) < 4.78 is 2.43. The number of hydrogen-bond donors (Lipinski definition) is 2. The summed E-state index contributed by atoms with van der Waals surface area (Å²) in [6.07, 6.45) is 4.80. The number of rotatable bonds is 7. The van der Waals surface area contributed by atoms with Gasteiger partial charge in [0.05, 0.1) is 22.6 Å².